The first-order valence-corrected chi connectivity index (χ1v) is 26.8. The molecule has 3 aromatic rings. The van der Waals surface area contributed by atoms with E-state index in [1.165, 1.54) is 15.6 Å². The van der Waals surface area contributed by atoms with E-state index in [0.717, 1.165) is 71.0 Å². The van der Waals surface area contributed by atoms with Gasteiger partial charge < -0.3 is 47.5 Å². The van der Waals surface area contributed by atoms with Gasteiger partial charge in [0.15, 0.2) is 34.5 Å². The molecule has 0 aliphatic carbocycles. The van der Waals surface area contributed by atoms with Gasteiger partial charge in [-0.1, -0.05) is 39.0 Å². The van der Waals surface area contributed by atoms with Gasteiger partial charge in [-0.05, 0) is 115 Å². The second kappa shape index (κ2) is 26.5. The van der Waals surface area contributed by atoms with Crippen molar-refractivity contribution in [3.63, 3.8) is 0 Å². The van der Waals surface area contributed by atoms with Gasteiger partial charge in [0.2, 0.25) is 17.2 Å². The van der Waals surface area contributed by atoms with Crippen LogP contribution in [0, 0.1) is 0 Å². The summed E-state index contributed by atoms with van der Waals surface area (Å²) < 4.78 is 56.4. The molecule has 326 valence electrons. The van der Waals surface area contributed by atoms with Gasteiger partial charge in [0.05, 0.1) is 88.0 Å². The lowest BCUT2D eigenvalue weighted by atomic mass is 10.3. The number of nitrogens with zero attached hydrogens (tertiary/aromatic N) is 1. The maximum absolute atomic E-state index is 6.46. The van der Waals surface area contributed by atoms with E-state index in [-0.39, 0.29) is 0 Å². The first-order valence-electron chi connectivity index (χ1n) is 22.2. The lowest BCUT2D eigenvalue weighted by molar-refractivity contribution is 0.191. The number of hydrogen-bond donors (Lipinski definition) is 0. The van der Waals surface area contributed by atoms with Crippen LogP contribution in [0.2, 0.25) is 0 Å². The van der Waals surface area contributed by atoms with Crippen molar-refractivity contribution in [1.29, 1.82) is 0 Å². The van der Waals surface area contributed by atoms with Crippen molar-refractivity contribution in [3.8, 4) is 51.7 Å². The summed E-state index contributed by atoms with van der Waals surface area (Å²) in [6.07, 6.45) is 3.05. The summed E-state index contributed by atoms with van der Waals surface area (Å²) >= 11 is 0. The molecule has 0 heterocycles. The zero-order valence-electron chi connectivity index (χ0n) is 37.9. The van der Waals surface area contributed by atoms with Crippen molar-refractivity contribution >= 4 is 44.1 Å². The molecule has 13 heteroatoms. The van der Waals surface area contributed by atoms with Crippen molar-refractivity contribution in [2.45, 2.75) is 119 Å². The van der Waals surface area contributed by atoms with Crippen LogP contribution >= 0.6 is 0 Å². The van der Waals surface area contributed by atoms with Crippen molar-refractivity contribution < 1.29 is 42.6 Å². The highest BCUT2D eigenvalue weighted by molar-refractivity contribution is 6.60. The van der Waals surface area contributed by atoms with Gasteiger partial charge in [-0.15, -0.1) is 0 Å². The molecule has 0 aromatic heterocycles. The molecule has 3 atom stereocenters. The Kier molecular flexibility index (Phi) is 22.4. The highest BCUT2D eigenvalue weighted by Gasteiger charge is 2.35. The molecule has 3 aromatic carbocycles. The highest BCUT2D eigenvalue weighted by atomic mass is 28.2. The van der Waals surface area contributed by atoms with Crippen LogP contribution in [0.4, 0.5) is 0 Å². The molecule has 0 N–H and O–H groups in total. The molecule has 0 radical (unpaired) electrons. The Bertz CT molecular complexity index is 1460. The number of ether oxygens (including phenoxy) is 9. The van der Waals surface area contributed by atoms with Crippen LogP contribution in [0.3, 0.4) is 0 Å². The average Bonchev–Trinajstić information content (AvgIpc) is 3.22. The largest absolute Gasteiger partial charge is 0.490 e. The predicted molar refractivity (Wildman–Crippen MR) is 248 cm³/mol. The molecular weight excluding hydrogens is 783 g/mol. The second-order valence-electron chi connectivity index (χ2n) is 13.8. The number of benzene rings is 3. The van der Waals surface area contributed by atoms with Gasteiger partial charge in [-0.3, -0.25) is 0 Å². The summed E-state index contributed by atoms with van der Waals surface area (Å²) in [6.45, 7) is 30.2. The predicted octanol–water partition coefficient (Wildman–Crippen LogP) is 5.57. The van der Waals surface area contributed by atoms with E-state index >= 15 is 0 Å². The van der Waals surface area contributed by atoms with Gasteiger partial charge >= 0.3 is 0 Å². The molecule has 58 heavy (non-hydrogen) atoms. The van der Waals surface area contributed by atoms with Crippen LogP contribution in [0.15, 0.2) is 36.4 Å². The van der Waals surface area contributed by atoms with E-state index in [2.05, 4.69) is 62.1 Å². The minimum absolute atomic E-state index is 0.343. The zero-order chi connectivity index (χ0) is 42.5. The SMILES string of the molecule is CCOc1ccc([SiH2]C(CC)N(C(CC)[SiH2]c2ccc(OCC)c(OCC)c2OCC)C(CC)[SiH2]c2ccc(OCC)c(OCC)c2OCC)c(OCC)c1OCC. The average molecular weight is 858 g/mol. The topological polar surface area (TPSA) is 86.3 Å². The Balaban J connectivity index is 2.30. The molecule has 0 fully saturated rings. The van der Waals surface area contributed by atoms with E-state index in [4.69, 9.17) is 42.6 Å². The zero-order valence-corrected chi connectivity index (χ0v) is 42.2. The van der Waals surface area contributed by atoms with Crippen LogP contribution in [0.5, 0.6) is 51.7 Å². The lowest BCUT2D eigenvalue weighted by Gasteiger charge is -2.44. The molecule has 0 aliphatic heterocycles. The van der Waals surface area contributed by atoms with Crippen molar-refractivity contribution in [2.75, 3.05) is 59.5 Å². The quantitative estimate of drug-likeness (QED) is 0.0795. The van der Waals surface area contributed by atoms with Crippen molar-refractivity contribution in [1.82, 2.24) is 4.90 Å². The molecule has 10 nitrogen and oxygen atoms in total. The molecule has 3 rings (SSSR count). The van der Waals surface area contributed by atoms with E-state index in [9.17, 15) is 0 Å². The summed E-state index contributed by atoms with van der Waals surface area (Å²) in [5.41, 5.74) is 1.03. The fraction of sp³-hybridized carbons (Fsp3) is 0.600. The highest BCUT2D eigenvalue weighted by Crippen LogP contribution is 2.39. The first kappa shape index (κ1) is 48.8. The van der Waals surface area contributed by atoms with Crippen LogP contribution in [-0.4, -0.2) is 110 Å². The molecular formula is C45H75NO9Si3. The van der Waals surface area contributed by atoms with Gasteiger partial charge in [-0.2, -0.15) is 0 Å². The molecule has 0 spiro atoms. The fourth-order valence-corrected chi connectivity index (χ4v) is 15.6. The Morgan fingerprint density at radius 3 is 0.759 bits per heavy atom. The minimum atomic E-state index is -0.984. The Hall–Kier alpha value is -3.53. The molecule has 0 bridgehead atoms. The van der Waals surface area contributed by atoms with Crippen LogP contribution in [0.25, 0.3) is 0 Å². The third-order valence-corrected chi connectivity index (χ3v) is 17.6. The Morgan fingerprint density at radius 2 is 0.552 bits per heavy atom. The van der Waals surface area contributed by atoms with E-state index in [0.29, 0.717) is 76.5 Å². The fourth-order valence-electron chi connectivity index (χ4n) is 7.83. The summed E-state index contributed by atoms with van der Waals surface area (Å²) in [5, 5.41) is 3.80. The molecule has 0 saturated heterocycles. The van der Waals surface area contributed by atoms with Crippen molar-refractivity contribution in [3.05, 3.63) is 36.4 Å². The van der Waals surface area contributed by atoms with Gasteiger partial charge in [-0.25, -0.2) is 0 Å². The smallest absolute Gasteiger partial charge is 0.203 e. The maximum atomic E-state index is 6.46. The van der Waals surface area contributed by atoms with E-state index in [1.54, 1.807) is 0 Å². The summed E-state index contributed by atoms with van der Waals surface area (Å²) in [7, 11) is -2.95. The standard InChI is InChI=1S/C45H75NO9Si3/c1-13-37(56-34-28-25-31(47-16-4)40(50-19-7)43(34)53-22-10)46(38(14-2)57-35-29-26-32(48-17-5)41(51-20-8)44(35)54-23-11)39(15-3)58-36-30-27-33(49-18-6)42(52-21-9)45(36)55-24-12/h25-30,37-39H,13-24,56-58H2,1-12H3. The Morgan fingerprint density at radius 1 is 0.328 bits per heavy atom. The van der Waals surface area contributed by atoms with Crippen molar-refractivity contribution in [2.24, 2.45) is 0 Å². The summed E-state index contributed by atoms with van der Waals surface area (Å²) in [6, 6.07) is 13.0. The molecule has 0 saturated carbocycles. The summed E-state index contributed by atoms with van der Waals surface area (Å²) in [5.74, 6) is 6.90. The monoisotopic (exact) mass is 857 g/mol. The van der Waals surface area contributed by atoms with Crippen LogP contribution < -0.4 is 58.2 Å². The summed E-state index contributed by atoms with van der Waals surface area (Å²) in [4.78, 5) is 2.95. The van der Waals surface area contributed by atoms with Gasteiger partial charge in [0.1, 0.15) is 0 Å². The lowest BCUT2D eigenvalue weighted by Crippen LogP contribution is -2.59. The van der Waals surface area contributed by atoms with E-state index in [1.807, 2.05) is 62.3 Å². The Labute approximate surface area is 357 Å². The van der Waals surface area contributed by atoms with Crippen LogP contribution in [-0.2, 0) is 0 Å². The number of hydrogen-bond acceptors (Lipinski definition) is 10. The third-order valence-electron chi connectivity index (χ3n) is 10.1. The van der Waals surface area contributed by atoms with Crippen LogP contribution in [0.1, 0.15) is 102 Å². The molecule has 3 unspecified atom stereocenters. The normalized spacial score (nSPS) is 13.4. The molecule has 0 aliphatic rings. The first-order chi connectivity index (χ1) is 28.3. The molecule has 0 amide bonds. The maximum Gasteiger partial charge on any atom is 0.203 e. The second-order valence-corrected chi connectivity index (χ2v) is 20.1. The number of rotatable bonds is 30. The minimum Gasteiger partial charge on any atom is -0.490 e. The third kappa shape index (κ3) is 12.7. The van der Waals surface area contributed by atoms with E-state index < -0.39 is 28.6 Å². The van der Waals surface area contributed by atoms with Gasteiger partial charge in [0, 0.05) is 17.0 Å². The van der Waals surface area contributed by atoms with Gasteiger partial charge in [0.25, 0.3) is 0 Å².